The number of aliphatic hydroxyl groups is 1. The van der Waals surface area contributed by atoms with Crippen LogP contribution >= 0.6 is 11.7 Å². The maximum absolute atomic E-state index is 12.5. The van der Waals surface area contributed by atoms with Crippen LogP contribution in [0.1, 0.15) is 30.4 Å². The first kappa shape index (κ1) is 16.2. The normalized spacial score (nSPS) is 23.0. The summed E-state index contributed by atoms with van der Waals surface area (Å²) >= 11 is 1.19. The molecule has 2 aromatic carbocycles. The molecule has 128 valence electrons. The van der Waals surface area contributed by atoms with Gasteiger partial charge in [0, 0.05) is 12.5 Å². The molecule has 1 amide bonds. The molecule has 1 aromatic heterocycles. The summed E-state index contributed by atoms with van der Waals surface area (Å²) in [5.41, 5.74) is 2.74. The minimum atomic E-state index is -0.894. The smallest absolute Gasteiger partial charge is 0.223 e. The van der Waals surface area contributed by atoms with Crippen LogP contribution in [-0.4, -0.2) is 19.8 Å². The summed E-state index contributed by atoms with van der Waals surface area (Å²) in [4.78, 5) is 12.5. The highest BCUT2D eigenvalue weighted by Gasteiger charge is 2.41. The Kier molecular flexibility index (Phi) is 4.23. The number of fused-ring (bicyclic) bond motifs is 1. The van der Waals surface area contributed by atoms with E-state index < -0.39 is 5.60 Å². The third-order valence-corrected chi connectivity index (χ3v) is 5.51. The van der Waals surface area contributed by atoms with Gasteiger partial charge < -0.3 is 10.4 Å². The van der Waals surface area contributed by atoms with Gasteiger partial charge in [-0.05, 0) is 42.5 Å². The molecule has 0 aliphatic heterocycles. The fraction of sp³-hybridized carbons (Fsp3) is 0.316. The van der Waals surface area contributed by atoms with Crippen LogP contribution in [-0.2, 0) is 16.9 Å². The average Bonchev–Trinajstić information content (AvgIpc) is 3.27. The third kappa shape index (κ3) is 3.27. The molecule has 6 heteroatoms. The van der Waals surface area contributed by atoms with Gasteiger partial charge in [0.2, 0.25) is 5.91 Å². The van der Waals surface area contributed by atoms with Crippen LogP contribution in [0.15, 0.2) is 48.5 Å². The number of hydrogen-bond acceptors (Lipinski definition) is 5. The summed E-state index contributed by atoms with van der Waals surface area (Å²) in [6, 6.07) is 15.5. The van der Waals surface area contributed by atoms with Crippen molar-refractivity contribution in [1.82, 2.24) is 14.1 Å². The molecule has 0 radical (unpaired) electrons. The van der Waals surface area contributed by atoms with E-state index in [0.717, 1.165) is 22.2 Å². The maximum atomic E-state index is 12.5. The van der Waals surface area contributed by atoms with Crippen LogP contribution in [0, 0.1) is 5.92 Å². The number of carbonyl (C=O) groups excluding carboxylic acids is 1. The molecule has 2 atom stereocenters. The Balaban J connectivity index is 1.38. The number of hydrogen-bond donors (Lipinski definition) is 2. The molecule has 0 saturated heterocycles. The van der Waals surface area contributed by atoms with Crippen molar-refractivity contribution < 1.29 is 9.90 Å². The lowest BCUT2D eigenvalue weighted by atomic mass is 9.91. The van der Waals surface area contributed by atoms with Gasteiger partial charge >= 0.3 is 0 Å². The van der Waals surface area contributed by atoms with Gasteiger partial charge in [-0.1, -0.05) is 36.4 Å². The van der Waals surface area contributed by atoms with E-state index in [-0.39, 0.29) is 11.8 Å². The van der Waals surface area contributed by atoms with Crippen molar-refractivity contribution in [3.63, 3.8) is 0 Å². The summed E-state index contributed by atoms with van der Waals surface area (Å²) in [6.07, 6.45) is 1.79. The molecule has 1 aliphatic carbocycles. The number of benzene rings is 2. The molecule has 3 aromatic rings. The van der Waals surface area contributed by atoms with Crippen molar-refractivity contribution in [2.24, 2.45) is 5.92 Å². The van der Waals surface area contributed by atoms with E-state index in [9.17, 15) is 9.90 Å². The van der Waals surface area contributed by atoms with Crippen molar-refractivity contribution in [3.05, 3.63) is 59.7 Å². The van der Waals surface area contributed by atoms with Gasteiger partial charge in [0.1, 0.15) is 11.0 Å². The summed E-state index contributed by atoms with van der Waals surface area (Å²) in [7, 11) is 0. The molecule has 25 heavy (non-hydrogen) atoms. The third-order valence-electron chi connectivity index (χ3n) is 4.96. The van der Waals surface area contributed by atoms with E-state index in [4.69, 9.17) is 0 Å². The molecule has 1 saturated carbocycles. The first-order valence-corrected chi connectivity index (χ1v) is 9.14. The van der Waals surface area contributed by atoms with Gasteiger partial charge in [-0.2, -0.15) is 8.75 Å². The lowest BCUT2D eigenvalue weighted by Crippen LogP contribution is -2.30. The Labute approximate surface area is 150 Å². The Morgan fingerprint density at radius 1 is 1.20 bits per heavy atom. The number of carbonyl (C=O) groups is 1. The molecule has 1 aliphatic rings. The fourth-order valence-corrected chi connectivity index (χ4v) is 4.05. The topological polar surface area (TPSA) is 75.1 Å². The Bertz CT molecular complexity index is 896. The van der Waals surface area contributed by atoms with Crippen LogP contribution in [0.2, 0.25) is 0 Å². The minimum Gasteiger partial charge on any atom is -0.385 e. The second-order valence-corrected chi connectivity index (χ2v) is 7.17. The summed E-state index contributed by atoms with van der Waals surface area (Å²) in [5, 5.41) is 13.9. The average molecular weight is 353 g/mol. The zero-order chi connectivity index (χ0) is 17.3. The molecule has 0 bridgehead atoms. The molecular formula is C19H19N3O2S. The molecule has 4 rings (SSSR count). The van der Waals surface area contributed by atoms with Gasteiger partial charge in [-0.25, -0.2) is 0 Å². The van der Waals surface area contributed by atoms with Crippen LogP contribution in [0.5, 0.6) is 0 Å². The standard InChI is InChI=1S/C19H19N3O2S/c23-18(20-12-13-6-7-16-17(10-13)22-25-21-16)14-8-9-19(24,11-14)15-4-2-1-3-5-15/h1-7,10,14,24H,8-9,11-12H2,(H,20,23). The predicted octanol–water partition coefficient (Wildman–Crippen LogP) is 3.00. The van der Waals surface area contributed by atoms with Crippen molar-refractivity contribution in [2.45, 2.75) is 31.4 Å². The summed E-state index contributed by atoms with van der Waals surface area (Å²) in [6.45, 7) is 0.465. The van der Waals surface area contributed by atoms with E-state index in [2.05, 4.69) is 14.1 Å². The van der Waals surface area contributed by atoms with E-state index in [1.165, 1.54) is 11.7 Å². The van der Waals surface area contributed by atoms with Crippen LogP contribution in [0.3, 0.4) is 0 Å². The lowest BCUT2D eigenvalue weighted by molar-refractivity contribution is -0.125. The largest absolute Gasteiger partial charge is 0.385 e. The van der Waals surface area contributed by atoms with Crippen molar-refractivity contribution in [2.75, 3.05) is 0 Å². The fourth-order valence-electron chi connectivity index (χ4n) is 3.53. The summed E-state index contributed by atoms with van der Waals surface area (Å²) < 4.78 is 8.40. The van der Waals surface area contributed by atoms with Crippen LogP contribution < -0.4 is 5.32 Å². The molecule has 0 spiro atoms. The van der Waals surface area contributed by atoms with E-state index in [1.807, 2.05) is 48.5 Å². The Morgan fingerprint density at radius 3 is 2.84 bits per heavy atom. The number of rotatable bonds is 4. The first-order valence-electron chi connectivity index (χ1n) is 8.41. The zero-order valence-electron chi connectivity index (χ0n) is 13.7. The van der Waals surface area contributed by atoms with Crippen molar-refractivity contribution in [3.8, 4) is 0 Å². The van der Waals surface area contributed by atoms with Crippen molar-refractivity contribution >= 4 is 28.7 Å². The molecule has 5 nitrogen and oxygen atoms in total. The Hall–Kier alpha value is -2.31. The lowest BCUT2D eigenvalue weighted by Gasteiger charge is -2.23. The molecule has 1 heterocycles. The van der Waals surface area contributed by atoms with Crippen LogP contribution in [0.4, 0.5) is 0 Å². The van der Waals surface area contributed by atoms with Gasteiger partial charge in [-0.3, -0.25) is 4.79 Å². The maximum Gasteiger partial charge on any atom is 0.223 e. The highest BCUT2D eigenvalue weighted by atomic mass is 32.1. The zero-order valence-corrected chi connectivity index (χ0v) is 14.5. The molecule has 2 N–H and O–H groups in total. The predicted molar refractivity (Wildman–Crippen MR) is 96.9 cm³/mol. The molecule has 2 unspecified atom stereocenters. The number of aromatic nitrogens is 2. The van der Waals surface area contributed by atoms with E-state index >= 15 is 0 Å². The van der Waals surface area contributed by atoms with E-state index in [0.29, 0.717) is 25.8 Å². The second-order valence-electron chi connectivity index (χ2n) is 6.64. The monoisotopic (exact) mass is 353 g/mol. The van der Waals surface area contributed by atoms with Gasteiger partial charge in [-0.15, -0.1) is 0 Å². The summed E-state index contributed by atoms with van der Waals surface area (Å²) in [5.74, 6) is -0.154. The minimum absolute atomic E-state index is 0.00311. The number of nitrogens with zero attached hydrogens (tertiary/aromatic N) is 2. The second kappa shape index (κ2) is 6.54. The Morgan fingerprint density at radius 2 is 2.00 bits per heavy atom. The van der Waals surface area contributed by atoms with Crippen molar-refractivity contribution in [1.29, 1.82) is 0 Å². The quantitative estimate of drug-likeness (QED) is 0.756. The van der Waals surface area contributed by atoms with Crippen LogP contribution in [0.25, 0.3) is 11.0 Å². The van der Waals surface area contributed by atoms with Gasteiger partial charge in [0.25, 0.3) is 0 Å². The first-order chi connectivity index (χ1) is 12.1. The highest BCUT2D eigenvalue weighted by Crippen LogP contribution is 2.42. The molecule has 1 fully saturated rings. The number of amides is 1. The SMILES string of the molecule is O=C(NCc1ccc2nsnc2c1)C1CCC(O)(c2ccccc2)C1. The number of nitrogens with one attached hydrogen (secondary N) is 1. The van der Waals surface area contributed by atoms with Gasteiger partial charge in [0.15, 0.2) is 0 Å². The molecular weight excluding hydrogens is 334 g/mol. The highest BCUT2D eigenvalue weighted by molar-refractivity contribution is 7.00. The van der Waals surface area contributed by atoms with E-state index in [1.54, 1.807) is 0 Å². The van der Waals surface area contributed by atoms with Gasteiger partial charge in [0.05, 0.1) is 17.3 Å².